The zero-order valence-electron chi connectivity index (χ0n) is 23.2. The van der Waals surface area contributed by atoms with Crippen LogP contribution in [0.1, 0.15) is 45.0 Å². The predicted octanol–water partition coefficient (Wildman–Crippen LogP) is 3.98. The van der Waals surface area contributed by atoms with Gasteiger partial charge in [0.05, 0.1) is 36.9 Å². The van der Waals surface area contributed by atoms with Crippen molar-refractivity contribution in [1.82, 2.24) is 14.5 Å². The minimum atomic E-state index is -3.73. The fraction of sp³-hybridized carbons (Fsp3) is 0.444. The molecule has 0 spiro atoms. The van der Waals surface area contributed by atoms with Gasteiger partial charge in [-0.1, -0.05) is 5.10 Å². The molecule has 40 heavy (non-hydrogen) atoms. The van der Waals surface area contributed by atoms with Gasteiger partial charge in [0.25, 0.3) is 5.91 Å². The van der Waals surface area contributed by atoms with Crippen LogP contribution in [0.5, 0.6) is 17.2 Å². The fourth-order valence-corrected chi connectivity index (χ4v) is 5.92. The second-order valence-corrected chi connectivity index (χ2v) is 11.0. The molecule has 0 radical (unpaired) electrons. The number of hydrogen-bond acceptors (Lipinski definition) is 10. The van der Waals surface area contributed by atoms with Gasteiger partial charge in [0.1, 0.15) is 0 Å². The van der Waals surface area contributed by atoms with E-state index < -0.39 is 15.9 Å². The van der Waals surface area contributed by atoms with Crippen molar-refractivity contribution >= 4 is 21.9 Å². The third-order valence-corrected chi connectivity index (χ3v) is 7.79. The first-order valence-corrected chi connectivity index (χ1v) is 14.6. The lowest BCUT2D eigenvalue weighted by molar-refractivity contribution is -0.0440. The van der Waals surface area contributed by atoms with Crippen molar-refractivity contribution in [2.24, 2.45) is 0 Å². The molecule has 1 aliphatic heterocycles. The second kappa shape index (κ2) is 12.7. The van der Waals surface area contributed by atoms with Crippen LogP contribution < -0.4 is 19.5 Å². The summed E-state index contributed by atoms with van der Waals surface area (Å²) in [6.07, 6.45) is -0.413. The minimum Gasteiger partial charge on any atom is -0.490 e. The Morgan fingerprint density at radius 1 is 0.950 bits per heavy atom. The Labute approximate surface area is 233 Å². The highest BCUT2D eigenvalue weighted by atomic mass is 32.2. The Kier molecular flexibility index (Phi) is 9.28. The summed E-state index contributed by atoms with van der Waals surface area (Å²) >= 11 is 0. The van der Waals surface area contributed by atoms with Crippen molar-refractivity contribution < 1.29 is 36.6 Å². The van der Waals surface area contributed by atoms with Crippen LogP contribution in [0.2, 0.25) is 0 Å². The van der Waals surface area contributed by atoms with E-state index in [9.17, 15) is 13.2 Å². The summed E-state index contributed by atoms with van der Waals surface area (Å²) < 4.78 is 56.1. The maximum absolute atomic E-state index is 13.1. The van der Waals surface area contributed by atoms with Crippen LogP contribution in [0.25, 0.3) is 11.5 Å². The van der Waals surface area contributed by atoms with Crippen molar-refractivity contribution in [1.29, 1.82) is 0 Å². The van der Waals surface area contributed by atoms with E-state index in [0.717, 1.165) is 0 Å². The van der Waals surface area contributed by atoms with Gasteiger partial charge in [-0.3, -0.25) is 10.1 Å². The Hall–Kier alpha value is -3.68. The summed E-state index contributed by atoms with van der Waals surface area (Å²) in [6, 6.07) is 8.94. The Morgan fingerprint density at radius 2 is 1.52 bits per heavy atom. The van der Waals surface area contributed by atoms with E-state index in [0.29, 0.717) is 42.6 Å². The normalized spacial score (nSPS) is 17.8. The first-order valence-electron chi connectivity index (χ1n) is 13.1. The monoisotopic (exact) mass is 574 g/mol. The molecule has 1 saturated heterocycles. The Balaban J connectivity index is 1.50. The number of amides is 1. The van der Waals surface area contributed by atoms with Crippen LogP contribution in [0.15, 0.2) is 45.7 Å². The molecule has 2 atom stereocenters. The largest absolute Gasteiger partial charge is 0.490 e. The lowest BCUT2D eigenvalue weighted by atomic mass is 10.2. The number of anilines is 1. The number of rotatable bonds is 11. The predicted molar refractivity (Wildman–Crippen MR) is 146 cm³/mol. The van der Waals surface area contributed by atoms with Crippen LogP contribution in [-0.4, -0.2) is 73.9 Å². The molecule has 0 aliphatic carbocycles. The highest BCUT2D eigenvalue weighted by Crippen LogP contribution is 2.42. The van der Waals surface area contributed by atoms with E-state index in [1.807, 2.05) is 34.6 Å². The van der Waals surface area contributed by atoms with Gasteiger partial charge in [0.15, 0.2) is 11.5 Å². The number of nitrogens with one attached hydrogen (secondary N) is 1. The number of hydrogen-bond donors (Lipinski definition) is 1. The van der Waals surface area contributed by atoms with Gasteiger partial charge in [-0.25, -0.2) is 8.42 Å². The molecule has 0 saturated carbocycles. The minimum absolute atomic E-state index is 0.0936. The summed E-state index contributed by atoms with van der Waals surface area (Å²) in [5.41, 5.74) is 0.741. The van der Waals surface area contributed by atoms with Crippen LogP contribution in [0, 0.1) is 0 Å². The molecule has 4 rings (SSSR count). The molecule has 1 fully saturated rings. The van der Waals surface area contributed by atoms with Crippen LogP contribution in [-0.2, 0) is 14.8 Å². The third kappa shape index (κ3) is 6.54. The molecule has 1 aromatic heterocycles. The van der Waals surface area contributed by atoms with Crippen molar-refractivity contribution in [2.45, 2.75) is 51.7 Å². The SMILES string of the molecule is CCOc1cc(-c2nnc(NC(=O)c3ccc(S(=O)(=O)N4CC(C)OC(C)C4)cc3)o2)cc(OCC)c1OCC. The smallest absolute Gasteiger partial charge is 0.322 e. The average molecular weight is 575 g/mol. The highest BCUT2D eigenvalue weighted by Gasteiger charge is 2.32. The quantitative estimate of drug-likeness (QED) is 0.357. The van der Waals surface area contributed by atoms with E-state index in [1.54, 1.807) is 12.1 Å². The van der Waals surface area contributed by atoms with Crippen molar-refractivity contribution in [3.8, 4) is 28.7 Å². The fourth-order valence-electron chi connectivity index (χ4n) is 4.33. The summed E-state index contributed by atoms with van der Waals surface area (Å²) in [7, 11) is -3.73. The lowest BCUT2D eigenvalue weighted by Crippen LogP contribution is -2.48. The van der Waals surface area contributed by atoms with Gasteiger partial charge in [0, 0.05) is 24.2 Å². The van der Waals surface area contributed by atoms with Crippen molar-refractivity contribution in [3.63, 3.8) is 0 Å². The molecule has 13 heteroatoms. The molecule has 2 heterocycles. The zero-order chi connectivity index (χ0) is 28.9. The first-order chi connectivity index (χ1) is 19.2. The second-order valence-electron chi connectivity index (χ2n) is 9.07. The van der Waals surface area contributed by atoms with Crippen molar-refractivity contribution in [2.75, 3.05) is 38.2 Å². The number of morpholine rings is 1. The van der Waals surface area contributed by atoms with Gasteiger partial charge in [-0.15, -0.1) is 5.10 Å². The molecule has 2 unspecified atom stereocenters. The number of benzene rings is 2. The summed E-state index contributed by atoms with van der Waals surface area (Å²) in [4.78, 5) is 12.9. The molecule has 12 nitrogen and oxygen atoms in total. The van der Waals surface area contributed by atoms with E-state index >= 15 is 0 Å². The van der Waals surface area contributed by atoms with E-state index in [2.05, 4.69) is 15.5 Å². The Bertz CT molecular complexity index is 1390. The molecule has 3 aromatic rings. The van der Waals surface area contributed by atoms with Gasteiger partial charge in [-0.05, 0) is 71.0 Å². The first kappa shape index (κ1) is 29.3. The van der Waals surface area contributed by atoms with Crippen molar-refractivity contribution in [3.05, 3.63) is 42.0 Å². The van der Waals surface area contributed by atoms with Gasteiger partial charge in [-0.2, -0.15) is 4.31 Å². The zero-order valence-corrected chi connectivity index (χ0v) is 24.0. The molecule has 0 bridgehead atoms. The molecular formula is C27H34N4O8S. The summed E-state index contributed by atoms with van der Waals surface area (Å²) in [6.45, 7) is 11.0. The van der Waals surface area contributed by atoms with Gasteiger partial charge in [0.2, 0.25) is 21.7 Å². The lowest BCUT2D eigenvalue weighted by Gasteiger charge is -2.34. The molecule has 1 amide bonds. The van der Waals surface area contributed by atoms with Crippen LogP contribution in [0.4, 0.5) is 6.01 Å². The Morgan fingerprint density at radius 3 is 2.08 bits per heavy atom. The van der Waals surface area contributed by atoms with E-state index in [1.165, 1.54) is 28.6 Å². The number of aromatic nitrogens is 2. The van der Waals surface area contributed by atoms with Gasteiger partial charge >= 0.3 is 6.01 Å². The maximum Gasteiger partial charge on any atom is 0.322 e. The summed E-state index contributed by atoms with van der Waals surface area (Å²) in [5.74, 6) is 1.00. The topological polar surface area (TPSA) is 142 Å². The summed E-state index contributed by atoms with van der Waals surface area (Å²) in [5, 5.41) is 10.5. The number of nitrogens with zero attached hydrogens (tertiary/aromatic N) is 3. The number of carbonyl (C=O) groups excluding carboxylic acids is 1. The third-order valence-electron chi connectivity index (χ3n) is 5.94. The molecule has 1 N–H and O–H groups in total. The van der Waals surface area contributed by atoms with Crippen LogP contribution >= 0.6 is 0 Å². The van der Waals surface area contributed by atoms with E-state index in [4.69, 9.17) is 23.4 Å². The molecular weight excluding hydrogens is 540 g/mol. The maximum atomic E-state index is 13.1. The standard InChI is InChI=1S/C27H34N4O8S/c1-6-35-22-13-20(14-23(36-7-2)24(22)37-8-3)26-29-30-27(39-26)28-25(32)19-9-11-21(12-10-19)40(33,34)31-15-17(4)38-18(5)16-31/h9-14,17-18H,6-8,15-16H2,1-5H3,(H,28,30,32). The number of carbonyl (C=O) groups is 1. The number of ether oxygens (including phenoxy) is 4. The molecule has 216 valence electrons. The average Bonchev–Trinajstić information content (AvgIpc) is 3.38. The van der Waals surface area contributed by atoms with Crippen LogP contribution in [0.3, 0.4) is 0 Å². The molecule has 1 aliphatic rings. The van der Waals surface area contributed by atoms with Gasteiger partial charge < -0.3 is 23.4 Å². The van der Waals surface area contributed by atoms with E-state index in [-0.39, 0.29) is 47.7 Å². The molecule has 2 aromatic carbocycles. The number of sulfonamides is 1. The highest BCUT2D eigenvalue weighted by molar-refractivity contribution is 7.89.